The number of nitrogens with zero attached hydrogens (tertiary/aromatic N) is 4. The largest absolute Gasteiger partial charge is 0.444 e. The van der Waals surface area contributed by atoms with Crippen LogP contribution in [0.1, 0.15) is 45.6 Å². The van der Waals surface area contributed by atoms with E-state index in [2.05, 4.69) is 16.0 Å². The van der Waals surface area contributed by atoms with Gasteiger partial charge < -0.3 is 9.64 Å². The van der Waals surface area contributed by atoms with Crippen LogP contribution >= 0.6 is 0 Å². The van der Waals surface area contributed by atoms with Crippen LogP contribution in [0.15, 0.2) is 18.5 Å². The average Bonchev–Trinajstić information content (AvgIpc) is 2.76. The molecule has 2 atom stereocenters. The predicted octanol–water partition coefficient (Wildman–Crippen LogP) is 3.10. The van der Waals surface area contributed by atoms with Crippen LogP contribution in [0.25, 0.3) is 5.57 Å². The fourth-order valence-corrected chi connectivity index (χ4v) is 3.36. The Kier molecular flexibility index (Phi) is 4.24. The summed E-state index contributed by atoms with van der Waals surface area (Å²) in [5, 5.41) is 0. The van der Waals surface area contributed by atoms with Crippen LogP contribution in [0.3, 0.4) is 0 Å². The standard InChI is InChI=1S/C18H26N4O2/c1-18(2,3)24-17(23)22-14-6-7-15(22)9-12(8-14)13-10-19-16(20-11-13)21(4)5/h8,10-11,14-15H,6-7,9H2,1-5H3. The molecular formula is C18H26N4O2. The van der Waals surface area contributed by atoms with E-state index in [0.717, 1.165) is 24.8 Å². The van der Waals surface area contributed by atoms with Crippen molar-refractivity contribution in [2.45, 2.75) is 57.7 Å². The van der Waals surface area contributed by atoms with Gasteiger partial charge in [-0.1, -0.05) is 6.08 Å². The lowest BCUT2D eigenvalue weighted by Crippen LogP contribution is -2.45. The second kappa shape index (κ2) is 6.07. The number of ether oxygens (including phenoxy) is 1. The maximum atomic E-state index is 12.5. The van der Waals surface area contributed by atoms with Crippen LogP contribution in [-0.2, 0) is 4.74 Å². The summed E-state index contributed by atoms with van der Waals surface area (Å²) in [6.45, 7) is 5.71. The highest BCUT2D eigenvalue weighted by atomic mass is 16.6. The van der Waals surface area contributed by atoms with E-state index in [4.69, 9.17) is 4.74 Å². The van der Waals surface area contributed by atoms with Crippen molar-refractivity contribution >= 4 is 17.6 Å². The summed E-state index contributed by atoms with van der Waals surface area (Å²) < 4.78 is 5.57. The lowest BCUT2D eigenvalue weighted by Gasteiger charge is -2.35. The van der Waals surface area contributed by atoms with Crippen molar-refractivity contribution in [3.05, 3.63) is 24.0 Å². The van der Waals surface area contributed by atoms with E-state index in [1.807, 2.05) is 57.1 Å². The molecule has 0 spiro atoms. The van der Waals surface area contributed by atoms with Crippen LogP contribution in [0.4, 0.5) is 10.7 Å². The van der Waals surface area contributed by atoms with Crippen LogP contribution in [0, 0.1) is 0 Å². The Morgan fingerprint density at radius 2 is 1.92 bits per heavy atom. The molecule has 2 bridgehead atoms. The van der Waals surface area contributed by atoms with Crippen LogP contribution < -0.4 is 4.90 Å². The van der Waals surface area contributed by atoms with Crippen molar-refractivity contribution in [3.63, 3.8) is 0 Å². The molecule has 1 amide bonds. The minimum atomic E-state index is -0.462. The molecule has 2 aliphatic rings. The zero-order valence-electron chi connectivity index (χ0n) is 15.1. The summed E-state index contributed by atoms with van der Waals surface area (Å²) in [5.74, 6) is 0.702. The number of hydrogen-bond acceptors (Lipinski definition) is 5. The van der Waals surface area contributed by atoms with E-state index in [1.54, 1.807) is 0 Å². The van der Waals surface area contributed by atoms with Gasteiger partial charge in [-0.3, -0.25) is 4.90 Å². The van der Waals surface area contributed by atoms with E-state index in [1.165, 1.54) is 5.57 Å². The molecule has 0 aliphatic carbocycles. The van der Waals surface area contributed by atoms with Gasteiger partial charge in [0.15, 0.2) is 0 Å². The summed E-state index contributed by atoms with van der Waals surface area (Å²) in [7, 11) is 3.85. The van der Waals surface area contributed by atoms with E-state index in [0.29, 0.717) is 5.95 Å². The molecule has 1 aromatic heterocycles. The normalized spacial score (nSPS) is 23.0. The van der Waals surface area contributed by atoms with E-state index in [-0.39, 0.29) is 18.2 Å². The SMILES string of the molecule is CN(C)c1ncc(C2=CC3CCC(C2)N3C(=O)OC(C)(C)C)cn1. The molecule has 2 unspecified atom stereocenters. The Morgan fingerprint density at radius 3 is 2.46 bits per heavy atom. The minimum Gasteiger partial charge on any atom is -0.444 e. The highest BCUT2D eigenvalue weighted by molar-refractivity contribution is 5.75. The molecule has 1 aromatic rings. The van der Waals surface area contributed by atoms with Crippen molar-refractivity contribution in [3.8, 4) is 0 Å². The lowest BCUT2D eigenvalue weighted by molar-refractivity contribution is 0.0175. The molecular weight excluding hydrogens is 304 g/mol. The zero-order valence-corrected chi connectivity index (χ0v) is 15.1. The van der Waals surface area contributed by atoms with Crippen molar-refractivity contribution in [1.29, 1.82) is 0 Å². The summed E-state index contributed by atoms with van der Waals surface area (Å²) in [6.07, 6.45) is 8.56. The third-order valence-electron chi connectivity index (χ3n) is 4.41. The first-order valence-corrected chi connectivity index (χ1v) is 8.46. The summed E-state index contributed by atoms with van der Waals surface area (Å²) in [5.41, 5.74) is 1.81. The quantitative estimate of drug-likeness (QED) is 0.834. The monoisotopic (exact) mass is 330 g/mol. The maximum Gasteiger partial charge on any atom is 0.411 e. The number of hydrogen-bond donors (Lipinski definition) is 0. The Hall–Kier alpha value is -2.11. The molecule has 3 heterocycles. The third-order valence-corrected chi connectivity index (χ3v) is 4.41. The molecule has 0 N–H and O–H groups in total. The van der Waals surface area contributed by atoms with Gasteiger partial charge >= 0.3 is 6.09 Å². The molecule has 2 aliphatic heterocycles. The molecule has 130 valence electrons. The van der Waals surface area contributed by atoms with Crippen molar-refractivity contribution in [2.24, 2.45) is 0 Å². The van der Waals surface area contributed by atoms with Crippen LogP contribution in [-0.4, -0.2) is 52.7 Å². The highest BCUT2D eigenvalue weighted by Crippen LogP contribution is 2.39. The van der Waals surface area contributed by atoms with Crippen LogP contribution in [0.5, 0.6) is 0 Å². The summed E-state index contributed by atoms with van der Waals surface area (Å²) in [6, 6.07) is 0.320. The Labute approximate surface area is 143 Å². The van der Waals surface area contributed by atoms with Crippen molar-refractivity contribution < 1.29 is 9.53 Å². The minimum absolute atomic E-state index is 0.113. The summed E-state index contributed by atoms with van der Waals surface area (Å²) in [4.78, 5) is 25.1. The van der Waals surface area contributed by atoms with Gasteiger partial charge in [-0.25, -0.2) is 14.8 Å². The van der Waals surface area contributed by atoms with Gasteiger partial charge in [0.05, 0.1) is 6.04 Å². The molecule has 0 saturated carbocycles. The van der Waals surface area contributed by atoms with E-state index < -0.39 is 5.60 Å². The maximum absolute atomic E-state index is 12.5. The smallest absolute Gasteiger partial charge is 0.411 e. The fraction of sp³-hybridized carbons (Fsp3) is 0.611. The molecule has 24 heavy (non-hydrogen) atoms. The number of amides is 1. The molecule has 0 aromatic carbocycles. The number of carbonyl (C=O) groups excluding carboxylic acids is 1. The number of anilines is 1. The molecule has 1 saturated heterocycles. The highest BCUT2D eigenvalue weighted by Gasteiger charge is 2.41. The van der Waals surface area contributed by atoms with Gasteiger partial charge in [0.25, 0.3) is 0 Å². The van der Waals surface area contributed by atoms with Gasteiger partial charge in [0.1, 0.15) is 5.60 Å². The Bertz CT molecular complexity index is 646. The first-order valence-electron chi connectivity index (χ1n) is 8.46. The van der Waals surface area contributed by atoms with Gasteiger partial charge in [-0.2, -0.15) is 0 Å². The third kappa shape index (κ3) is 3.37. The zero-order chi connectivity index (χ0) is 17.5. The van der Waals surface area contributed by atoms with E-state index >= 15 is 0 Å². The second-order valence-electron chi connectivity index (χ2n) is 7.75. The molecule has 3 rings (SSSR count). The number of carbonyl (C=O) groups is 1. The first kappa shape index (κ1) is 16.7. The van der Waals surface area contributed by atoms with Gasteiger partial charge in [-0.15, -0.1) is 0 Å². The lowest BCUT2D eigenvalue weighted by atomic mass is 9.97. The molecule has 6 nitrogen and oxygen atoms in total. The first-order chi connectivity index (χ1) is 11.2. The second-order valence-corrected chi connectivity index (χ2v) is 7.75. The topological polar surface area (TPSA) is 58.6 Å². The molecule has 6 heteroatoms. The fourth-order valence-electron chi connectivity index (χ4n) is 3.36. The predicted molar refractivity (Wildman–Crippen MR) is 93.8 cm³/mol. The van der Waals surface area contributed by atoms with Crippen LogP contribution in [0.2, 0.25) is 0 Å². The van der Waals surface area contributed by atoms with E-state index in [9.17, 15) is 4.79 Å². The van der Waals surface area contributed by atoms with Crippen molar-refractivity contribution in [1.82, 2.24) is 14.9 Å². The van der Waals surface area contributed by atoms with Gasteiger partial charge in [0, 0.05) is 38.1 Å². The number of aromatic nitrogens is 2. The Balaban J connectivity index is 1.78. The molecule has 1 fully saturated rings. The number of fused-ring (bicyclic) bond motifs is 2. The number of rotatable bonds is 2. The average molecular weight is 330 g/mol. The van der Waals surface area contributed by atoms with Gasteiger partial charge in [-0.05, 0) is 45.6 Å². The molecule has 0 radical (unpaired) electrons. The van der Waals surface area contributed by atoms with Crippen molar-refractivity contribution in [2.75, 3.05) is 19.0 Å². The van der Waals surface area contributed by atoms with Gasteiger partial charge in [0.2, 0.25) is 5.95 Å². The summed E-state index contributed by atoms with van der Waals surface area (Å²) >= 11 is 0. The Morgan fingerprint density at radius 1 is 1.25 bits per heavy atom.